The minimum Gasteiger partial charge on any atom is -0.397 e. The van der Waals surface area contributed by atoms with E-state index in [2.05, 4.69) is 15.6 Å². The average molecular weight is 288 g/mol. The molecule has 2 amide bonds. The van der Waals surface area contributed by atoms with Crippen LogP contribution in [0.25, 0.3) is 0 Å². The molecule has 0 radical (unpaired) electrons. The van der Waals surface area contributed by atoms with Crippen molar-refractivity contribution in [3.05, 3.63) is 48.0 Å². The number of nitrogen functional groups attached to an aromatic ring is 1. The van der Waals surface area contributed by atoms with Crippen molar-refractivity contribution in [1.82, 2.24) is 4.98 Å². The number of benzene rings is 1. The number of rotatable bonds is 3. The van der Waals surface area contributed by atoms with Gasteiger partial charge in [0.25, 0.3) is 5.91 Å². The van der Waals surface area contributed by atoms with Crippen LogP contribution in [-0.4, -0.2) is 16.8 Å². The van der Waals surface area contributed by atoms with E-state index < -0.39 is 17.6 Å². The molecule has 0 fully saturated rings. The molecule has 0 aliphatic heterocycles. The smallest absolute Gasteiger partial charge is 0.274 e. The van der Waals surface area contributed by atoms with Crippen molar-refractivity contribution < 1.29 is 14.0 Å². The van der Waals surface area contributed by atoms with Gasteiger partial charge in [-0.1, -0.05) is 0 Å². The molecule has 0 atom stereocenters. The highest BCUT2D eigenvalue weighted by atomic mass is 19.1. The summed E-state index contributed by atoms with van der Waals surface area (Å²) in [6.07, 6.45) is 1.36. The van der Waals surface area contributed by atoms with Crippen LogP contribution in [0.5, 0.6) is 0 Å². The summed E-state index contributed by atoms with van der Waals surface area (Å²) in [5.74, 6) is -1.46. The monoisotopic (exact) mass is 288 g/mol. The van der Waals surface area contributed by atoms with Crippen LogP contribution in [0, 0.1) is 5.82 Å². The number of hydrogen-bond acceptors (Lipinski definition) is 4. The summed E-state index contributed by atoms with van der Waals surface area (Å²) in [6, 6.07) is 6.89. The third-order valence-corrected chi connectivity index (χ3v) is 2.55. The second-order valence-electron chi connectivity index (χ2n) is 4.31. The van der Waals surface area contributed by atoms with Gasteiger partial charge in [-0.05, 0) is 30.3 Å². The fourth-order valence-corrected chi connectivity index (χ4v) is 1.62. The summed E-state index contributed by atoms with van der Waals surface area (Å²) < 4.78 is 13.5. The highest BCUT2D eigenvalue weighted by molar-refractivity contribution is 6.03. The maximum Gasteiger partial charge on any atom is 0.274 e. The van der Waals surface area contributed by atoms with E-state index in [4.69, 9.17) is 5.73 Å². The molecule has 2 aromatic rings. The largest absolute Gasteiger partial charge is 0.397 e. The van der Waals surface area contributed by atoms with Crippen LogP contribution in [0.2, 0.25) is 0 Å². The van der Waals surface area contributed by atoms with E-state index in [1.54, 1.807) is 6.07 Å². The Labute approximate surface area is 120 Å². The number of hydrogen-bond donors (Lipinski definition) is 3. The van der Waals surface area contributed by atoms with E-state index >= 15 is 0 Å². The van der Waals surface area contributed by atoms with Gasteiger partial charge in [-0.25, -0.2) is 9.37 Å². The Morgan fingerprint density at radius 1 is 1.19 bits per heavy atom. The Balaban J connectivity index is 2.17. The molecule has 7 heteroatoms. The number of nitrogens with two attached hydrogens (primary N) is 1. The lowest BCUT2D eigenvalue weighted by molar-refractivity contribution is -0.114. The van der Waals surface area contributed by atoms with Gasteiger partial charge in [0.2, 0.25) is 5.91 Å². The van der Waals surface area contributed by atoms with Crippen LogP contribution >= 0.6 is 0 Å². The summed E-state index contributed by atoms with van der Waals surface area (Å²) in [4.78, 5) is 26.8. The van der Waals surface area contributed by atoms with E-state index in [1.165, 1.54) is 31.3 Å². The summed E-state index contributed by atoms with van der Waals surface area (Å²) in [5.41, 5.74) is 6.44. The summed E-state index contributed by atoms with van der Waals surface area (Å²) in [6.45, 7) is 1.27. The first-order valence-corrected chi connectivity index (χ1v) is 6.06. The zero-order chi connectivity index (χ0) is 15.4. The first-order chi connectivity index (χ1) is 9.95. The second kappa shape index (κ2) is 6.00. The van der Waals surface area contributed by atoms with Crippen molar-refractivity contribution in [2.75, 3.05) is 16.4 Å². The molecule has 1 aromatic carbocycles. The van der Waals surface area contributed by atoms with Crippen molar-refractivity contribution in [1.29, 1.82) is 0 Å². The number of nitrogens with one attached hydrogen (secondary N) is 2. The minimum atomic E-state index is -0.589. The molecular weight excluding hydrogens is 275 g/mol. The highest BCUT2D eigenvalue weighted by Crippen LogP contribution is 2.20. The molecule has 0 aliphatic carbocycles. The number of pyridine rings is 1. The molecular formula is C14H13FN4O2. The maximum atomic E-state index is 13.5. The van der Waals surface area contributed by atoms with Gasteiger partial charge in [-0.3, -0.25) is 9.59 Å². The quantitative estimate of drug-likeness (QED) is 0.804. The van der Waals surface area contributed by atoms with E-state index in [9.17, 15) is 14.0 Å². The van der Waals surface area contributed by atoms with Crippen molar-refractivity contribution in [2.45, 2.75) is 6.92 Å². The number of anilines is 3. The maximum absolute atomic E-state index is 13.5. The molecule has 1 aromatic heterocycles. The van der Waals surface area contributed by atoms with Gasteiger partial charge in [0.1, 0.15) is 11.5 Å². The Morgan fingerprint density at radius 2 is 1.95 bits per heavy atom. The lowest BCUT2D eigenvalue weighted by atomic mass is 10.2. The highest BCUT2D eigenvalue weighted by Gasteiger charge is 2.10. The summed E-state index contributed by atoms with van der Waals surface area (Å²) in [7, 11) is 0. The minimum absolute atomic E-state index is 0.00874. The standard InChI is InChI=1S/C14H13FN4O2/c1-8(20)18-13-6-10(3-4-11(13)15)19-14(21)12-5-2-9(16)7-17-12/h2-7H,16H2,1H3,(H,18,20)(H,19,21). The van der Waals surface area contributed by atoms with Crippen molar-refractivity contribution in [2.24, 2.45) is 0 Å². The van der Waals surface area contributed by atoms with E-state index in [-0.39, 0.29) is 11.4 Å². The van der Waals surface area contributed by atoms with Gasteiger partial charge >= 0.3 is 0 Å². The van der Waals surface area contributed by atoms with Crippen LogP contribution < -0.4 is 16.4 Å². The van der Waals surface area contributed by atoms with Crippen molar-refractivity contribution in [3.8, 4) is 0 Å². The number of amides is 2. The van der Waals surface area contributed by atoms with Crippen LogP contribution in [0.3, 0.4) is 0 Å². The molecule has 0 aliphatic rings. The van der Waals surface area contributed by atoms with Crippen molar-refractivity contribution >= 4 is 28.9 Å². The summed E-state index contributed by atoms with van der Waals surface area (Å²) >= 11 is 0. The molecule has 0 spiro atoms. The molecule has 0 unspecified atom stereocenters. The first-order valence-electron chi connectivity index (χ1n) is 6.06. The van der Waals surface area contributed by atoms with Crippen molar-refractivity contribution in [3.63, 3.8) is 0 Å². The zero-order valence-corrected chi connectivity index (χ0v) is 11.2. The Morgan fingerprint density at radius 3 is 2.57 bits per heavy atom. The fourth-order valence-electron chi connectivity index (χ4n) is 1.62. The number of halogens is 1. The SMILES string of the molecule is CC(=O)Nc1cc(NC(=O)c2ccc(N)cn2)ccc1F. The van der Waals surface area contributed by atoms with Crippen LogP contribution in [0.4, 0.5) is 21.5 Å². The molecule has 0 saturated heterocycles. The zero-order valence-electron chi connectivity index (χ0n) is 11.2. The topological polar surface area (TPSA) is 97.1 Å². The Bertz CT molecular complexity index is 686. The molecule has 1 heterocycles. The molecule has 2 rings (SSSR count). The van der Waals surface area contributed by atoms with E-state index in [1.807, 2.05) is 0 Å². The lowest BCUT2D eigenvalue weighted by Gasteiger charge is -2.08. The van der Waals surface area contributed by atoms with E-state index in [0.29, 0.717) is 11.4 Å². The lowest BCUT2D eigenvalue weighted by Crippen LogP contribution is -2.14. The normalized spacial score (nSPS) is 10.0. The third kappa shape index (κ3) is 3.75. The molecule has 4 N–H and O–H groups in total. The number of nitrogens with zero attached hydrogens (tertiary/aromatic N) is 1. The van der Waals surface area contributed by atoms with Gasteiger partial charge in [0, 0.05) is 12.6 Å². The molecule has 0 saturated carbocycles. The molecule has 6 nitrogen and oxygen atoms in total. The average Bonchev–Trinajstić information content (AvgIpc) is 2.42. The molecule has 21 heavy (non-hydrogen) atoms. The number of aromatic nitrogens is 1. The second-order valence-corrected chi connectivity index (χ2v) is 4.31. The first kappa shape index (κ1) is 14.4. The number of carbonyl (C=O) groups excluding carboxylic acids is 2. The Hall–Kier alpha value is -2.96. The van der Waals surface area contributed by atoms with Crippen LogP contribution in [0.1, 0.15) is 17.4 Å². The fraction of sp³-hybridized carbons (Fsp3) is 0.0714. The Kier molecular flexibility index (Phi) is 4.13. The van der Waals surface area contributed by atoms with Gasteiger partial charge < -0.3 is 16.4 Å². The van der Waals surface area contributed by atoms with Crippen LogP contribution in [-0.2, 0) is 4.79 Å². The van der Waals surface area contributed by atoms with Crippen LogP contribution in [0.15, 0.2) is 36.5 Å². The van der Waals surface area contributed by atoms with E-state index in [0.717, 1.165) is 6.07 Å². The van der Waals surface area contributed by atoms with Gasteiger partial charge in [0.05, 0.1) is 17.6 Å². The predicted molar refractivity (Wildman–Crippen MR) is 77.3 cm³/mol. The third-order valence-electron chi connectivity index (χ3n) is 2.55. The summed E-state index contributed by atoms with van der Waals surface area (Å²) in [5, 5.41) is 4.89. The van der Waals surface area contributed by atoms with Gasteiger partial charge in [-0.15, -0.1) is 0 Å². The molecule has 108 valence electrons. The predicted octanol–water partition coefficient (Wildman–Crippen LogP) is 2.01. The number of carbonyl (C=O) groups is 2. The molecule has 0 bridgehead atoms. The van der Waals surface area contributed by atoms with Gasteiger partial charge in [0.15, 0.2) is 0 Å². The van der Waals surface area contributed by atoms with Gasteiger partial charge in [-0.2, -0.15) is 0 Å².